The third-order valence-electron chi connectivity index (χ3n) is 2.70. The molecule has 0 radical (unpaired) electrons. The van der Waals surface area contributed by atoms with Crippen molar-refractivity contribution in [1.82, 2.24) is 4.98 Å². The molecule has 0 aliphatic heterocycles. The van der Waals surface area contributed by atoms with E-state index in [0.29, 0.717) is 17.8 Å². The topological polar surface area (TPSA) is 51.2 Å². The van der Waals surface area contributed by atoms with Gasteiger partial charge in [-0.1, -0.05) is 15.9 Å². The quantitative estimate of drug-likeness (QED) is 0.643. The summed E-state index contributed by atoms with van der Waals surface area (Å²) in [4.78, 5) is 16.2. The summed E-state index contributed by atoms with van der Waals surface area (Å²) in [7, 11) is 1.36. The fourth-order valence-corrected chi connectivity index (χ4v) is 3.31. The van der Waals surface area contributed by atoms with Crippen LogP contribution < -0.4 is 5.32 Å². The van der Waals surface area contributed by atoms with E-state index in [1.54, 1.807) is 12.3 Å². The van der Waals surface area contributed by atoms with Crippen molar-refractivity contribution >= 4 is 59.4 Å². The van der Waals surface area contributed by atoms with E-state index in [0.717, 1.165) is 19.1 Å². The molecule has 2 rings (SSSR count). The minimum Gasteiger partial charge on any atom is -0.465 e. The van der Waals surface area contributed by atoms with Gasteiger partial charge in [0.1, 0.15) is 0 Å². The van der Waals surface area contributed by atoms with Crippen LogP contribution in [0.5, 0.6) is 0 Å². The Hall–Kier alpha value is -0.920. The standard InChI is InChI=1S/C14H11Br3N2O2/c1-21-14(20)11-4-9(16)5-12(17)13(11)19-7-10-3-2-8(15)6-18-10/h2-6,19H,7H2,1H3. The number of carbonyl (C=O) groups excluding carboxylic acids is 1. The summed E-state index contributed by atoms with van der Waals surface area (Å²) in [5.74, 6) is -0.400. The van der Waals surface area contributed by atoms with E-state index in [9.17, 15) is 4.79 Å². The molecular formula is C14H11Br3N2O2. The second-order valence-electron chi connectivity index (χ2n) is 4.12. The summed E-state index contributed by atoms with van der Waals surface area (Å²) in [6.45, 7) is 0.498. The largest absolute Gasteiger partial charge is 0.465 e. The molecular weight excluding hydrogens is 468 g/mol. The molecule has 0 bridgehead atoms. The number of benzene rings is 1. The number of hydrogen-bond donors (Lipinski definition) is 1. The van der Waals surface area contributed by atoms with Crippen molar-refractivity contribution in [2.24, 2.45) is 0 Å². The van der Waals surface area contributed by atoms with Crippen LogP contribution in [0.25, 0.3) is 0 Å². The minimum absolute atomic E-state index is 0.400. The molecule has 0 fully saturated rings. The van der Waals surface area contributed by atoms with E-state index in [-0.39, 0.29) is 0 Å². The van der Waals surface area contributed by atoms with Gasteiger partial charge >= 0.3 is 5.97 Å². The van der Waals surface area contributed by atoms with Crippen molar-refractivity contribution in [2.75, 3.05) is 12.4 Å². The Morgan fingerprint density at radius 3 is 2.62 bits per heavy atom. The molecule has 21 heavy (non-hydrogen) atoms. The van der Waals surface area contributed by atoms with Gasteiger partial charge in [0, 0.05) is 19.6 Å². The number of ether oxygens (including phenoxy) is 1. The molecule has 0 spiro atoms. The molecule has 0 aliphatic carbocycles. The SMILES string of the molecule is COC(=O)c1cc(Br)cc(Br)c1NCc1ccc(Br)cn1. The molecule has 0 saturated heterocycles. The molecule has 0 unspecified atom stereocenters. The van der Waals surface area contributed by atoms with Gasteiger partial charge in [-0.25, -0.2) is 4.79 Å². The number of halogens is 3. The lowest BCUT2D eigenvalue weighted by atomic mass is 10.1. The van der Waals surface area contributed by atoms with Crippen molar-refractivity contribution in [3.05, 3.63) is 55.1 Å². The van der Waals surface area contributed by atoms with Crippen molar-refractivity contribution in [3.8, 4) is 0 Å². The second kappa shape index (κ2) is 7.38. The number of carbonyl (C=O) groups is 1. The van der Waals surface area contributed by atoms with Gasteiger partial charge < -0.3 is 10.1 Å². The smallest absolute Gasteiger partial charge is 0.340 e. The zero-order chi connectivity index (χ0) is 15.4. The summed E-state index contributed by atoms with van der Waals surface area (Å²) in [5, 5.41) is 3.21. The summed E-state index contributed by atoms with van der Waals surface area (Å²) in [5.41, 5.74) is 1.99. The molecule has 1 heterocycles. The van der Waals surface area contributed by atoms with Gasteiger partial charge in [-0.05, 0) is 56.1 Å². The fourth-order valence-electron chi connectivity index (χ4n) is 1.71. The minimum atomic E-state index is -0.400. The Morgan fingerprint density at radius 1 is 1.24 bits per heavy atom. The maximum Gasteiger partial charge on any atom is 0.340 e. The third-order valence-corrected chi connectivity index (χ3v) is 4.25. The number of aromatic nitrogens is 1. The number of hydrogen-bond acceptors (Lipinski definition) is 4. The van der Waals surface area contributed by atoms with E-state index in [4.69, 9.17) is 4.74 Å². The molecule has 2 aromatic rings. The van der Waals surface area contributed by atoms with Crippen LogP contribution in [0.2, 0.25) is 0 Å². The number of rotatable bonds is 4. The molecule has 0 saturated carbocycles. The van der Waals surface area contributed by atoms with Crippen LogP contribution in [-0.2, 0) is 11.3 Å². The molecule has 1 aromatic heterocycles. The lowest BCUT2D eigenvalue weighted by molar-refractivity contribution is 0.0601. The monoisotopic (exact) mass is 476 g/mol. The van der Waals surface area contributed by atoms with Crippen LogP contribution in [0.1, 0.15) is 16.1 Å². The van der Waals surface area contributed by atoms with Gasteiger partial charge in [-0.2, -0.15) is 0 Å². The molecule has 110 valence electrons. The summed E-state index contributed by atoms with van der Waals surface area (Å²) >= 11 is 10.2. The zero-order valence-corrected chi connectivity index (χ0v) is 15.7. The van der Waals surface area contributed by atoms with Crippen LogP contribution in [0.4, 0.5) is 5.69 Å². The number of nitrogens with zero attached hydrogens (tertiary/aromatic N) is 1. The predicted octanol–water partition coefficient (Wildman–Crippen LogP) is 4.77. The number of nitrogens with one attached hydrogen (secondary N) is 1. The number of methoxy groups -OCH3 is 1. The van der Waals surface area contributed by atoms with Crippen LogP contribution in [0.15, 0.2) is 43.9 Å². The van der Waals surface area contributed by atoms with Crippen molar-refractivity contribution in [2.45, 2.75) is 6.54 Å². The third kappa shape index (κ3) is 4.28. The highest BCUT2D eigenvalue weighted by Crippen LogP contribution is 2.31. The Bertz CT molecular complexity index is 660. The van der Waals surface area contributed by atoms with Crippen LogP contribution in [0, 0.1) is 0 Å². The summed E-state index contributed by atoms with van der Waals surface area (Å²) < 4.78 is 7.30. The highest BCUT2D eigenvalue weighted by atomic mass is 79.9. The zero-order valence-electron chi connectivity index (χ0n) is 11.0. The van der Waals surface area contributed by atoms with Gasteiger partial charge in [-0.15, -0.1) is 0 Å². The van der Waals surface area contributed by atoms with Crippen LogP contribution in [-0.4, -0.2) is 18.1 Å². The highest BCUT2D eigenvalue weighted by Gasteiger charge is 2.16. The Labute approximate surface area is 147 Å². The number of anilines is 1. The van der Waals surface area contributed by atoms with Gasteiger partial charge in [-0.3, -0.25) is 4.98 Å². The lowest BCUT2D eigenvalue weighted by Crippen LogP contribution is -2.09. The molecule has 1 N–H and O–H groups in total. The van der Waals surface area contributed by atoms with Gasteiger partial charge in [0.2, 0.25) is 0 Å². The van der Waals surface area contributed by atoms with E-state index in [2.05, 4.69) is 58.1 Å². The molecule has 1 aromatic carbocycles. The van der Waals surface area contributed by atoms with E-state index in [1.165, 1.54) is 7.11 Å². The fraction of sp³-hybridized carbons (Fsp3) is 0.143. The summed E-state index contributed by atoms with van der Waals surface area (Å²) in [6.07, 6.45) is 1.73. The maximum atomic E-state index is 11.9. The average molecular weight is 479 g/mol. The number of pyridine rings is 1. The Kier molecular flexibility index (Phi) is 5.78. The van der Waals surface area contributed by atoms with Crippen LogP contribution in [0.3, 0.4) is 0 Å². The van der Waals surface area contributed by atoms with E-state index < -0.39 is 5.97 Å². The predicted molar refractivity (Wildman–Crippen MR) is 92.4 cm³/mol. The molecule has 0 atom stereocenters. The first kappa shape index (κ1) is 16.5. The first-order chi connectivity index (χ1) is 10.0. The van der Waals surface area contributed by atoms with Gasteiger partial charge in [0.25, 0.3) is 0 Å². The lowest BCUT2D eigenvalue weighted by Gasteiger charge is -2.13. The van der Waals surface area contributed by atoms with E-state index >= 15 is 0 Å². The first-order valence-corrected chi connectivity index (χ1v) is 8.31. The Morgan fingerprint density at radius 2 is 2.00 bits per heavy atom. The molecule has 0 aliphatic rings. The molecule has 4 nitrogen and oxygen atoms in total. The van der Waals surface area contributed by atoms with Gasteiger partial charge in [0.05, 0.1) is 30.6 Å². The maximum absolute atomic E-state index is 11.9. The van der Waals surface area contributed by atoms with Crippen molar-refractivity contribution in [3.63, 3.8) is 0 Å². The van der Waals surface area contributed by atoms with Gasteiger partial charge in [0.15, 0.2) is 0 Å². The molecule has 7 heteroatoms. The van der Waals surface area contributed by atoms with E-state index in [1.807, 2.05) is 18.2 Å². The highest BCUT2D eigenvalue weighted by molar-refractivity contribution is 9.11. The van der Waals surface area contributed by atoms with Crippen LogP contribution >= 0.6 is 47.8 Å². The average Bonchev–Trinajstić information content (AvgIpc) is 2.46. The normalized spacial score (nSPS) is 10.3. The first-order valence-electron chi connectivity index (χ1n) is 5.93. The second-order valence-corrected chi connectivity index (χ2v) is 6.81. The van der Waals surface area contributed by atoms with Crippen molar-refractivity contribution < 1.29 is 9.53 Å². The Balaban J connectivity index is 2.26. The number of esters is 1. The van der Waals surface area contributed by atoms with Crippen molar-refractivity contribution in [1.29, 1.82) is 0 Å². The summed E-state index contributed by atoms with van der Waals surface area (Å²) in [6, 6.07) is 7.40. The molecule has 0 amide bonds.